The van der Waals surface area contributed by atoms with Crippen LogP contribution in [0.25, 0.3) is 0 Å². The first-order valence-corrected chi connectivity index (χ1v) is 7.84. The van der Waals surface area contributed by atoms with Crippen molar-refractivity contribution in [3.63, 3.8) is 0 Å². The second-order valence-corrected chi connectivity index (χ2v) is 5.56. The van der Waals surface area contributed by atoms with Crippen molar-refractivity contribution in [2.75, 3.05) is 6.54 Å². The minimum Gasteiger partial charge on any atom is -0.306 e. The number of nitrogens with zero attached hydrogens (tertiary/aromatic N) is 1. The Kier molecular flexibility index (Phi) is 6.19. The molecule has 0 radical (unpaired) electrons. The molecule has 2 rings (SSSR count). The molecule has 1 heterocycles. The maximum atomic E-state index is 13.5. The highest BCUT2D eigenvalue weighted by Crippen LogP contribution is 2.28. The predicted molar refractivity (Wildman–Crippen MR) is 81.0 cm³/mol. The first-order chi connectivity index (χ1) is 9.81. The molecule has 1 aromatic rings. The number of halogens is 1. The van der Waals surface area contributed by atoms with Crippen LogP contribution in [0, 0.1) is 5.82 Å². The molecule has 0 saturated carbocycles. The number of nitrogens with one attached hydrogen (secondary N) is 1. The van der Waals surface area contributed by atoms with Crippen LogP contribution in [-0.4, -0.2) is 11.5 Å². The Morgan fingerprint density at radius 1 is 1.25 bits per heavy atom. The smallest absolute Gasteiger partial charge is 0.141 e. The summed E-state index contributed by atoms with van der Waals surface area (Å²) in [4.78, 5) is 4.01. The van der Waals surface area contributed by atoms with Crippen LogP contribution in [-0.2, 0) is 0 Å². The molecule has 110 valence electrons. The van der Waals surface area contributed by atoms with Gasteiger partial charge < -0.3 is 5.32 Å². The summed E-state index contributed by atoms with van der Waals surface area (Å²) < 4.78 is 13.5. The Hall–Kier alpha value is -1.22. The molecule has 1 unspecified atom stereocenters. The maximum absolute atomic E-state index is 13.5. The Morgan fingerprint density at radius 2 is 2.10 bits per heavy atom. The van der Waals surface area contributed by atoms with Gasteiger partial charge in [-0.1, -0.05) is 31.4 Å². The Bertz CT molecular complexity index is 442. The number of allylic oxidation sites excluding steroid dienone is 1. The van der Waals surface area contributed by atoms with E-state index in [4.69, 9.17) is 0 Å². The third-order valence-corrected chi connectivity index (χ3v) is 3.85. The largest absolute Gasteiger partial charge is 0.306 e. The summed E-state index contributed by atoms with van der Waals surface area (Å²) in [6.45, 7) is 3.10. The van der Waals surface area contributed by atoms with E-state index in [0.29, 0.717) is 0 Å². The molecule has 1 aromatic heterocycles. The fraction of sp³-hybridized carbons (Fsp3) is 0.588. The van der Waals surface area contributed by atoms with Crippen molar-refractivity contribution in [2.24, 2.45) is 0 Å². The van der Waals surface area contributed by atoms with E-state index in [-0.39, 0.29) is 11.9 Å². The number of hydrogen-bond acceptors (Lipinski definition) is 2. The van der Waals surface area contributed by atoms with Crippen LogP contribution in [0.2, 0.25) is 0 Å². The molecule has 0 aromatic carbocycles. The lowest BCUT2D eigenvalue weighted by Crippen LogP contribution is -2.24. The number of hydrogen-bond donors (Lipinski definition) is 1. The number of pyridine rings is 1. The van der Waals surface area contributed by atoms with Gasteiger partial charge in [0, 0.05) is 6.20 Å². The van der Waals surface area contributed by atoms with E-state index in [1.54, 1.807) is 12.3 Å². The van der Waals surface area contributed by atoms with E-state index in [2.05, 4.69) is 23.3 Å². The van der Waals surface area contributed by atoms with Gasteiger partial charge in [0.25, 0.3) is 0 Å². The average molecular weight is 276 g/mol. The molecule has 2 nitrogen and oxygen atoms in total. The third-order valence-electron chi connectivity index (χ3n) is 3.85. The average Bonchev–Trinajstić information content (AvgIpc) is 2.41. The lowest BCUT2D eigenvalue weighted by molar-refractivity contribution is 0.535. The molecule has 1 N–H and O–H groups in total. The molecule has 1 aliphatic carbocycles. The van der Waals surface area contributed by atoms with Crippen LogP contribution in [0.4, 0.5) is 4.39 Å². The van der Waals surface area contributed by atoms with Gasteiger partial charge in [-0.3, -0.25) is 4.98 Å². The Morgan fingerprint density at radius 3 is 2.90 bits per heavy atom. The molecule has 1 aliphatic rings. The number of rotatable bonds is 5. The summed E-state index contributed by atoms with van der Waals surface area (Å²) in [7, 11) is 0. The van der Waals surface area contributed by atoms with Crippen molar-refractivity contribution < 1.29 is 4.39 Å². The monoisotopic (exact) mass is 276 g/mol. The molecule has 0 fully saturated rings. The summed E-state index contributed by atoms with van der Waals surface area (Å²) in [5.41, 5.74) is 2.36. The van der Waals surface area contributed by atoms with Crippen LogP contribution < -0.4 is 5.32 Å². The summed E-state index contributed by atoms with van der Waals surface area (Å²) >= 11 is 0. The van der Waals surface area contributed by atoms with Crippen LogP contribution in [0.1, 0.15) is 63.5 Å². The lowest BCUT2D eigenvalue weighted by atomic mass is 9.91. The van der Waals surface area contributed by atoms with Gasteiger partial charge in [0.1, 0.15) is 5.82 Å². The lowest BCUT2D eigenvalue weighted by Gasteiger charge is -2.23. The van der Waals surface area contributed by atoms with E-state index in [1.807, 2.05) is 0 Å². The van der Waals surface area contributed by atoms with Gasteiger partial charge in [-0.05, 0) is 50.3 Å². The van der Waals surface area contributed by atoms with E-state index < -0.39 is 0 Å². The summed E-state index contributed by atoms with van der Waals surface area (Å²) in [6.07, 6.45) is 13.9. The topological polar surface area (TPSA) is 24.9 Å². The van der Waals surface area contributed by atoms with E-state index >= 15 is 0 Å². The van der Waals surface area contributed by atoms with E-state index in [1.165, 1.54) is 37.5 Å². The van der Waals surface area contributed by atoms with Crippen LogP contribution in [0.3, 0.4) is 0 Å². The first kappa shape index (κ1) is 15.2. The minimum absolute atomic E-state index is 0.122. The van der Waals surface area contributed by atoms with Crippen molar-refractivity contribution in [3.05, 3.63) is 41.5 Å². The number of aromatic nitrogens is 1. The van der Waals surface area contributed by atoms with Gasteiger partial charge in [0.15, 0.2) is 0 Å². The molecular formula is C17H25FN2. The Balaban J connectivity index is 2.21. The standard InChI is InChI=1S/C17H25FN2/c1-2-10-20-17(15-11-16(18)13-19-12-15)14-8-6-4-3-5-7-9-14/h8,11-13,17,20H,2-7,9-10H2,1H3/b14-8+. The Labute approximate surface area is 121 Å². The van der Waals surface area contributed by atoms with Gasteiger partial charge in [-0.25, -0.2) is 4.39 Å². The van der Waals surface area contributed by atoms with Crippen LogP contribution in [0.5, 0.6) is 0 Å². The van der Waals surface area contributed by atoms with Gasteiger partial charge in [0.2, 0.25) is 0 Å². The molecule has 0 bridgehead atoms. The van der Waals surface area contributed by atoms with Gasteiger partial charge in [-0.2, -0.15) is 0 Å². The van der Waals surface area contributed by atoms with Crippen molar-refractivity contribution in [1.29, 1.82) is 0 Å². The highest BCUT2D eigenvalue weighted by Gasteiger charge is 2.17. The zero-order valence-corrected chi connectivity index (χ0v) is 12.4. The van der Waals surface area contributed by atoms with E-state index in [9.17, 15) is 4.39 Å². The second-order valence-electron chi connectivity index (χ2n) is 5.56. The van der Waals surface area contributed by atoms with Gasteiger partial charge in [-0.15, -0.1) is 0 Å². The second kappa shape index (κ2) is 8.15. The molecule has 1 atom stereocenters. The summed E-state index contributed by atoms with van der Waals surface area (Å²) in [5.74, 6) is -0.253. The quantitative estimate of drug-likeness (QED) is 0.798. The highest BCUT2D eigenvalue weighted by atomic mass is 19.1. The minimum atomic E-state index is -0.253. The molecule has 0 amide bonds. The molecule has 0 aliphatic heterocycles. The van der Waals surface area contributed by atoms with Crippen molar-refractivity contribution in [3.8, 4) is 0 Å². The van der Waals surface area contributed by atoms with Crippen LogP contribution >= 0.6 is 0 Å². The van der Waals surface area contributed by atoms with Gasteiger partial charge in [0.05, 0.1) is 12.2 Å². The molecule has 3 heteroatoms. The third kappa shape index (κ3) is 4.41. The first-order valence-electron chi connectivity index (χ1n) is 7.84. The van der Waals surface area contributed by atoms with Crippen molar-refractivity contribution in [2.45, 2.75) is 57.9 Å². The predicted octanol–water partition coefficient (Wildman–Crippen LogP) is 4.54. The van der Waals surface area contributed by atoms with Crippen LogP contribution in [0.15, 0.2) is 30.1 Å². The van der Waals surface area contributed by atoms with Gasteiger partial charge >= 0.3 is 0 Å². The fourth-order valence-corrected chi connectivity index (χ4v) is 2.82. The molecule has 0 saturated heterocycles. The summed E-state index contributed by atoms with van der Waals surface area (Å²) in [6, 6.07) is 1.73. The van der Waals surface area contributed by atoms with Crippen molar-refractivity contribution in [1.82, 2.24) is 10.3 Å². The maximum Gasteiger partial charge on any atom is 0.141 e. The highest BCUT2D eigenvalue weighted by molar-refractivity contribution is 5.26. The molecule has 0 spiro atoms. The van der Waals surface area contributed by atoms with E-state index in [0.717, 1.165) is 31.4 Å². The SMILES string of the molecule is CCCNC(/C1=C/CCCCCC1)c1cncc(F)c1. The van der Waals surface area contributed by atoms with Crippen molar-refractivity contribution >= 4 is 0 Å². The zero-order valence-electron chi connectivity index (χ0n) is 12.4. The molecule has 20 heavy (non-hydrogen) atoms. The normalized spacial score (nSPS) is 20.6. The zero-order chi connectivity index (χ0) is 14.2. The summed E-state index contributed by atoms with van der Waals surface area (Å²) in [5, 5.41) is 3.56. The fourth-order valence-electron chi connectivity index (χ4n) is 2.82. The molecular weight excluding hydrogens is 251 g/mol.